The number of hydrogen-bond donors (Lipinski definition) is 2. The molecular formula is C15H21ClN2O3. The lowest BCUT2D eigenvalue weighted by Crippen LogP contribution is -2.41. The summed E-state index contributed by atoms with van der Waals surface area (Å²) in [6.07, 6.45) is 0. The summed E-state index contributed by atoms with van der Waals surface area (Å²) in [6.45, 7) is 7.32. The highest BCUT2D eigenvalue weighted by atomic mass is 35.5. The van der Waals surface area contributed by atoms with Crippen LogP contribution in [0.4, 0.5) is 5.69 Å². The number of halogens is 1. The largest absolute Gasteiger partial charge is 0.480 e. The zero-order chi connectivity index (χ0) is 16.2. The predicted molar refractivity (Wildman–Crippen MR) is 83.9 cm³/mol. The van der Waals surface area contributed by atoms with E-state index < -0.39 is 5.97 Å². The number of aryl methyl sites for hydroxylation is 2. The van der Waals surface area contributed by atoms with Crippen molar-refractivity contribution in [1.29, 1.82) is 0 Å². The molecule has 0 aliphatic rings. The highest BCUT2D eigenvalue weighted by Gasteiger charge is 2.18. The number of benzene rings is 1. The number of nitrogens with one attached hydrogen (secondary N) is 1. The average Bonchev–Trinajstić information content (AvgIpc) is 2.32. The molecule has 1 rings (SSSR count). The molecule has 0 fully saturated rings. The molecule has 0 spiro atoms. The van der Waals surface area contributed by atoms with Gasteiger partial charge in [-0.2, -0.15) is 0 Å². The number of carboxylic acid groups (broad SMARTS) is 1. The number of anilines is 1. The maximum atomic E-state index is 12.1. The summed E-state index contributed by atoms with van der Waals surface area (Å²) in [5, 5.41) is 12.1. The minimum absolute atomic E-state index is 0.00755. The Labute approximate surface area is 129 Å². The number of rotatable bonds is 6. The van der Waals surface area contributed by atoms with Crippen LogP contribution in [0.1, 0.15) is 25.0 Å². The Kier molecular flexibility index (Phi) is 6.18. The quantitative estimate of drug-likeness (QED) is 0.847. The molecular weight excluding hydrogens is 292 g/mol. The minimum atomic E-state index is -0.957. The molecule has 21 heavy (non-hydrogen) atoms. The molecule has 0 saturated carbocycles. The molecule has 0 saturated heterocycles. The van der Waals surface area contributed by atoms with Crippen LogP contribution in [0.25, 0.3) is 0 Å². The molecule has 0 radical (unpaired) electrons. The standard InChI is InChI=1S/C15H21ClN2O3/c1-9(2)18(8-14(20)21)7-13(19)17-15-11(4)5-10(3)6-12(15)16/h5-6,9H,7-8H2,1-4H3,(H,17,19)(H,20,21). The molecule has 0 atom stereocenters. The monoisotopic (exact) mass is 312 g/mol. The molecule has 0 aliphatic carbocycles. The zero-order valence-corrected chi connectivity index (χ0v) is 13.5. The molecule has 6 heteroatoms. The van der Waals surface area contributed by atoms with Crippen molar-refractivity contribution in [1.82, 2.24) is 4.90 Å². The molecule has 0 heterocycles. The van der Waals surface area contributed by atoms with Crippen LogP contribution < -0.4 is 5.32 Å². The zero-order valence-electron chi connectivity index (χ0n) is 12.7. The smallest absolute Gasteiger partial charge is 0.317 e. The summed E-state index contributed by atoms with van der Waals surface area (Å²) >= 11 is 6.14. The Morgan fingerprint density at radius 1 is 1.29 bits per heavy atom. The molecule has 116 valence electrons. The summed E-state index contributed by atoms with van der Waals surface area (Å²) in [5.74, 6) is -1.24. The number of carbonyl (C=O) groups is 2. The first-order valence-electron chi connectivity index (χ1n) is 6.73. The highest BCUT2D eigenvalue weighted by molar-refractivity contribution is 6.34. The Balaban J connectivity index is 2.79. The number of carboxylic acids is 1. The van der Waals surface area contributed by atoms with E-state index in [2.05, 4.69) is 5.32 Å². The fourth-order valence-electron chi connectivity index (χ4n) is 2.03. The minimum Gasteiger partial charge on any atom is -0.480 e. The van der Waals surface area contributed by atoms with Crippen LogP contribution in [0.15, 0.2) is 12.1 Å². The van der Waals surface area contributed by atoms with Gasteiger partial charge in [-0.1, -0.05) is 17.7 Å². The van der Waals surface area contributed by atoms with Crippen molar-refractivity contribution in [3.63, 3.8) is 0 Å². The predicted octanol–water partition coefficient (Wildman–Crippen LogP) is 2.69. The third kappa shape index (κ3) is 5.36. The second-order valence-electron chi connectivity index (χ2n) is 5.38. The number of nitrogens with zero attached hydrogens (tertiary/aromatic N) is 1. The number of amides is 1. The van der Waals surface area contributed by atoms with Gasteiger partial charge in [0.2, 0.25) is 5.91 Å². The fraction of sp³-hybridized carbons (Fsp3) is 0.467. The molecule has 1 aromatic rings. The maximum absolute atomic E-state index is 12.1. The van der Waals surface area contributed by atoms with Crippen LogP contribution in [0.5, 0.6) is 0 Å². The first kappa shape index (κ1) is 17.5. The summed E-state index contributed by atoms with van der Waals surface area (Å²) in [5.41, 5.74) is 2.47. The van der Waals surface area contributed by atoms with Crippen molar-refractivity contribution in [3.8, 4) is 0 Å². The summed E-state index contributed by atoms with van der Waals surface area (Å²) < 4.78 is 0. The van der Waals surface area contributed by atoms with Crippen molar-refractivity contribution in [3.05, 3.63) is 28.3 Å². The van der Waals surface area contributed by atoms with Gasteiger partial charge in [-0.05, 0) is 44.9 Å². The topological polar surface area (TPSA) is 69.6 Å². The summed E-state index contributed by atoms with van der Waals surface area (Å²) in [6, 6.07) is 3.67. The second-order valence-corrected chi connectivity index (χ2v) is 5.79. The maximum Gasteiger partial charge on any atom is 0.317 e. The molecule has 2 N–H and O–H groups in total. The van der Waals surface area contributed by atoms with E-state index in [9.17, 15) is 9.59 Å². The van der Waals surface area contributed by atoms with Gasteiger partial charge in [-0.3, -0.25) is 14.5 Å². The SMILES string of the molecule is Cc1cc(C)c(NC(=O)CN(CC(=O)O)C(C)C)c(Cl)c1. The van der Waals surface area contributed by atoms with Gasteiger partial charge in [0.1, 0.15) is 0 Å². The lowest BCUT2D eigenvalue weighted by atomic mass is 10.1. The first-order valence-corrected chi connectivity index (χ1v) is 7.11. The van der Waals surface area contributed by atoms with E-state index in [0.29, 0.717) is 10.7 Å². The molecule has 1 aromatic carbocycles. The van der Waals surface area contributed by atoms with Crippen LogP contribution in [0.3, 0.4) is 0 Å². The van der Waals surface area contributed by atoms with Gasteiger partial charge in [0.15, 0.2) is 0 Å². The molecule has 0 aromatic heterocycles. The van der Waals surface area contributed by atoms with Gasteiger partial charge in [0, 0.05) is 6.04 Å². The van der Waals surface area contributed by atoms with Crippen molar-refractivity contribution >= 4 is 29.2 Å². The van der Waals surface area contributed by atoms with Crippen molar-refractivity contribution < 1.29 is 14.7 Å². The van der Waals surface area contributed by atoms with Crippen LogP contribution in [0, 0.1) is 13.8 Å². The van der Waals surface area contributed by atoms with Crippen molar-refractivity contribution in [2.75, 3.05) is 18.4 Å². The van der Waals surface area contributed by atoms with Crippen LogP contribution in [-0.4, -0.2) is 41.0 Å². The van der Waals surface area contributed by atoms with Gasteiger partial charge >= 0.3 is 5.97 Å². The molecule has 0 unspecified atom stereocenters. The van der Waals surface area contributed by atoms with Crippen LogP contribution in [-0.2, 0) is 9.59 Å². The van der Waals surface area contributed by atoms with Gasteiger partial charge < -0.3 is 10.4 Å². The van der Waals surface area contributed by atoms with E-state index in [1.54, 1.807) is 11.0 Å². The number of hydrogen-bond acceptors (Lipinski definition) is 3. The van der Waals surface area contributed by atoms with Crippen molar-refractivity contribution in [2.45, 2.75) is 33.7 Å². The number of carbonyl (C=O) groups excluding carboxylic acids is 1. The Hall–Kier alpha value is -1.59. The van der Waals surface area contributed by atoms with Gasteiger partial charge in [0.25, 0.3) is 0 Å². The van der Waals surface area contributed by atoms with Crippen LogP contribution in [0.2, 0.25) is 5.02 Å². The van der Waals surface area contributed by atoms with Gasteiger partial charge in [-0.25, -0.2) is 0 Å². The number of aliphatic carboxylic acids is 1. The summed E-state index contributed by atoms with van der Waals surface area (Å²) in [4.78, 5) is 24.5. The fourth-order valence-corrected chi connectivity index (χ4v) is 2.40. The van der Waals surface area contributed by atoms with E-state index >= 15 is 0 Å². The van der Waals surface area contributed by atoms with E-state index in [1.807, 2.05) is 33.8 Å². The van der Waals surface area contributed by atoms with E-state index in [0.717, 1.165) is 11.1 Å². The first-order chi connectivity index (χ1) is 9.70. The van der Waals surface area contributed by atoms with E-state index in [1.165, 1.54) is 0 Å². The third-order valence-corrected chi connectivity index (χ3v) is 3.41. The Morgan fingerprint density at radius 2 is 1.90 bits per heavy atom. The Morgan fingerprint density at radius 3 is 2.38 bits per heavy atom. The normalized spacial score (nSPS) is 11.0. The Bertz CT molecular complexity index is 521. The lowest BCUT2D eigenvalue weighted by Gasteiger charge is -2.24. The summed E-state index contributed by atoms with van der Waals surface area (Å²) in [7, 11) is 0. The highest BCUT2D eigenvalue weighted by Crippen LogP contribution is 2.27. The van der Waals surface area contributed by atoms with Gasteiger partial charge in [-0.15, -0.1) is 0 Å². The molecule has 0 aliphatic heterocycles. The molecule has 1 amide bonds. The second kappa shape index (κ2) is 7.43. The van der Waals surface area contributed by atoms with E-state index in [4.69, 9.17) is 16.7 Å². The lowest BCUT2D eigenvalue weighted by molar-refractivity contribution is -0.139. The molecule has 5 nitrogen and oxygen atoms in total. The van der Waals surface area contributed by atoms with E-state index in [-0.39, 0.29) is 25.0 Å². The van der Waals surface area contributed by atoms with Gasteiger partial charge in [0.05, 0.1) is 23.8 Å². The van der Waals surface area contributed by atoms with Crippen molar-refractivity contribution in [2.24, 2.45) is 0 Å². The average molecular weight is 313 g/mol. The third-order valence-electron chi connectivity index (χ3n) is 3.11. The van der Waals surface area contributed by atoms with Crippen LogP contribution >= 0.6 is 11.6 Å². The molecule has 0 bridgehead atoms.